The Morgan fingerprint density at radius 1 is 1.21 bits per heavy atom. The van der Waals surface area contributed by atoms with Gasteiger partial charge < -0.3 is 9.92 Å². The van der Waals surface area contributed by atoms with E-state index in [0.717, 1.165) is 6.26 Å². The Labute approximate surface area is 170 Å². The summed E-state index contributed by atoms with van der Waals surface area (Å²) in [6, 6.07) is 10.1. The van der Waals surface area contributed by atoms with Gasteiger partial charge in [-0.3, -0.25) is 9.69 Å². The summed E-state index contributed by atoms with van der Waals surface area (Å²) in [6.07, 6.45) is 0.934. The van der Waals surface area contributed by atoms with Gasteiger partial charge >= 0.3 is 10.1 Å². The Morgan fingerprint density at radius 2 is 1.82 bits per heavy atom. The van der Waals surface area contributed by atoms with Gasteiger partial charge in [0.1, 0.15) is 11.6 Å². The van der Waals surface area contributed by atoms with Gasteiger partial charge in [0.25, 0.3) is 5.91 Å². The number of benzene rings is 2. The number of rotatable bonds is 5. The molecule has 148 valence electrons. The fraction of sp³-hybridized carbons (Fsp3) is 0.222. The second kappa shape index (κ2) is 7.17. The molecule has 0 fully saturated rings. The highest BCUT2D eigenvalue weighted by molar-refractivity contribution is 9.10. The number of halogens is 2. The monoisotopic (exact) mass is 469 g/mol. The van der Waals surface area contributed by atoms with Gasteiger partial charge in [-0.15, -0.1) is 0 Å². The van der Waals surface area contributed by atoms with Gasteiger partial charge in [0.15, 0.2) is 11.5 Å². The van der Waals surface area contributed by atoms with Crippen molar-refractivity contribution in [3.05, 3.63) is 63.9 Å². The maximum atomic E-state index is 13.8. The second-order valence-corrected chi connectivity index (χ2v) is 8.60. The topological polar surface area (TPSA) is 102 Å². The molecule has 1 atom stereocenters. The Bertz CT molecular complexity index is 1070. The van der Waals surface area contributed by atoms with E-state index in [-0.39, 0.29) is 22.1 Å². The fourth-order valence-corrected chi connectivity index (χ4v) is 3.91. The van der Waals surface area contributed by atoms with Crippen LogP contribution in [0.5, 0.6) is 5.75 Å². The van der Waals surface area contributed by atoms with Crippen LogP contribution in [0.3, 0.4) is 0 Å². The summed E-state index contributed by atoms with van der Waals surface area (Å²) in [5, 5.41) is 0. The lowest BCUT2D eigenvalue weighted by Gasteiger charge is -2.27. The summed E-state index contributed by atoms with van der Waals surface area (Å²) in [5.41, 5.74) is 5.32. The quantitative estimate of drug-likeness (QED) is 0.677. The number of hydrogen-bond acceptors (Lipinski definition) is 6. The number of nitrogens with zero attached hydrogens (tertiary/aromatic N) is 2. The molecule has 0 saturated carbocycles. The van der Waals surface area contributed by atoms with Crippen LogP contribution >= 0.6 is 15.9 Å². The zero-order valence-electron chi connectivity index (χ0n) is 15.0. The molecule has 0 saturated heterocycles. The third-order valence-electron chi connectivity index (χ3n) is 4.29. The van der Waals surface area contributed by atoms with Crippen molar-refractivity contribution in [2.24, 2.45) is 10.7 Å². The number of aliphatic imine (C=N–C) groups is 1. The minimum Gasteiger partial charge on any atom is -0.383 e. The van der Waals surface area contributed by atoms with E-state index in [1.54, 1.807) is 6.92 Å². The first-order valence-electron chi connectivity index (χ1n) is 8.21. The summed E-state index contributed by atoms with van der Waals surface area (Å²) in [5.74, 6) is -0.728. The molecule has 2 aromatic rings. The van der Waals surface area contributed by atoms with Crippen molar-refractivity contribution in [3.63, 3.8) is 0 Å². The summed E-state index contributed by atoms with van der Waals surface area (Å²) < 4.78 is 41.4. The standard InChI is InChI=1S/C18H17BrFN3O4S/c1-3-23-16(24)18(22-17(23)21,12-6-9-15(20)14(19)10-12)11-4-7-13(8-5-11)27-28(2,25)26/h4-10H,3H2,1-2H3,(H2,21,22). The largest absolute Gasteiger partial charge is 0.383 e. The molecule has 1 amide bonds. The van der Waals surface area contributed by atoms with Crippen molar-refractivity contribution in [3.8, 4) is 5.75 Å². The molecular weight excluding hydrogens is 453 g/mol. The summed E-state index contributed by atoms with van der Waals surface area (Å²) in [6.45, 7) is 2.08. The Balaban J connectivity index is 2.18. The van der Waals surface area contributed by atoms with E-state index >= 15 is 0 Å². The maximum Gasteiger partial charge on any atom is 0.306 e. The second-order valence-electron chi connectivity index (χ2n) is 6.17. The molecule has 7 nitrogen and oxygen atoms in total. The highest BCUT2D eigenvalue weighted by Crippen LogP contribution is 2.41. The normalized spacial score (nSPS) is 19.6. The van der Waals surface area contributed by atoms with Crippen LogP contribution in [0.4, 0.5) is 4.39 Å². The number of carbonyl (C=O) groups is 1. The van der Waals surface area contributed by atoms with E-state index in [1.165, 1.54) is 47.4 Å². The van der Waals surface area contributed by atoms with Crippen LogP contribution in [0, 0.1) is 5.82 Å². The van der Waals surface area contributed by atoms with Crippen molar-refractivity contribution in [2.45, 2.75) is 12.5 Å². The van der Waals surface area contributed by atoms with Gasteiger partial charge in [0.2, 0.25) is 0 Å². The molecular formula is C18H17BrFN3O4S. The summed E-state index contributed by atoms with van der Waals surface area (Å²) >= 11 is 3.14. The Morgan fingerprint density at radius 3 is 2.32 bits per heavy atom. The lowest BCUT2D eigenvalue weighted by molar-refractivity contribution is -0.130. The van der Waals surface area contributed by atoms with E-state index in [9.17, 15) is 17.6 Å². The predicted molar refractivity (Wildman–Crippen MR) is 106 cm³/mol. The van der Waals surface area contributed by atoms with Gasteiger partial charge in [-0.05, 0) is 58.2 Å². The van der Waals surface area contributed by atoms with E-state index in [0.29, 0.717) is 17.7 Å². The molecule has 3 rings (SSSR count). The van der Waals surface area contributed by atoms with Crippen LogP contribution in [0.2, 0.25) is 0 Å². The maximum absolute atomic E-state index is 13.8. The molecule has 2 aromatic carbocycles. The fourth-order valence-electron chi connectivity index (χ4n) is 3.08. The van der Waals surface area contributed by atoms with Gasteiger partial charge in [0.05, 0.1) is 10.7 Å². The van der Waals surface area contributed by atoms with Crippen LogP contribution in [-0.2, 0) is 20.5 Å². The third-order valence-corrected chi connectivity index (χ3v) is 5.39. The number of likely N-dealkylation sites (N-methyl/N-ethyl adjacent to an activating group) is 1. The van der Waals surface area contributed by atoms with Gasteiger partial charge in [-0.2, -0.15) is 8.42 Å². The van der Waals surface area contributed by atoms with E-state index < -0.39 is 21.5 Å². The Kier molecular flexibility index (Phi) is 5.20. The summed E-state index contributed by atoms with van der Waals surface area (Å²) in [7, 11) is -3.69. The minimum atomic E-state index is -3.69. The molecule has 0 aromatic heterocycles. The van der Waals surface area contributed by atoms with Crippen molar-refractivity contribution < 1.29 is 21.8 Å². The average molecular weight is 470 g/mol. The van der Waals surface area contributed by atoms with Gasteiger partial charge in [0, 0.05) is 6.54 Å². The first-order chi connectivity index (χ1) is 13.1. The smallest absolute Gasteiger partial charge is 0.306 e. The molecule has 0 radical (unpaired) electrons. The van der Waals surface area contributed by atoms with Crippen LogP contribution in [0.15, 0.2) is 51.9 Å². The first-order valence-corrected chi connectivity index (χ1v) is 10.8. The number of guanidine groups is 1. The highest BCUT2D eigenvalue weighted by Gasteiger charge is 2.50. The summed E-state index contributed by atoms with van der Waals surface area (Å²) in [4.78, 5) is 19.0. The number of carbonyl (C=O) groups excluding carboxylic acids is 1. The Hall–Kier alpha value is -2.46. The van der Waals surface area contributed by atoms with Crippen LogP contribution in [0.1, 0.15) is 18.1 Å². The molecule has 0 aliphatic carbocycles. The van der Waals surface area contributed by atoms with Crippen molar-refractivity contribution in [1.29, 1.82) is 0 Å². The van der Waals surface area contributed by atoms with E-state index in [2.05, 4.69) is 20.9 Å². The van der Waals surface area contributed by atoms with E-state index in [1.807, 2.05) is 0 Å². The third kappa shape index (κ3) is 3.49. The predicted octanol–water partition coefficient (Wildman–Crippen LogP) is 2.35. The molecule has 1 heterocycles. The van der Waals surface area contributed by atoms with Gasteiger partial charge in [-0.1, -0.05) is 18.2 Å². The number of nitrogens with two attached hydrogens (primary N) is 1. The van der Waals surface area contributed by atoms with E-state index in [4.69, 9.17) is 9.92 Å². The number of hydrogen-bond donors (Lipinski definition) is 1. The molecule has 10 heteroatoms. The van der Waals surface area contributed by atoms with Crippen LogP contribution in [0.25, 0.3) is 0 Å². The lowest BCUT2D eigenvalue weighted by atomic mass is 9.82. The van der Waals surface area contributed by atoms with Crippen molar-refractivity contribution in [1.82, 2.24) is 4.90 Å². The van der Waals surface area contributed by atoms with Crippen LogP contribution < -0.4 is 9.92 Å². The molecule has 0 spiro atoms. The highest BCUT2D eigenvalue weighted by atomic mass is 79.9. The zero-order valence-corrected chi connectivity index (χ0v) is 17.4. The van der Waals surface area contributed by atoms with Crippen molar-refractivity contribution in [2.75, 3.05) is 12.8 Å². The molecule has 1 aliphatic rings. The molecule has 0 bridgehead atoms. The molecule has 1 aliphatic heterocycles. The molecule has 2 N–H and O–H groups in total. The first kappa shape index (κ1) is 20.3. The van der Waals surface area contributed by atoms with Gasteiger partial charge in [-0.25, -0.2) is 9.38 Å². The SMILES string of the molecule is CCN1C(=O)C(c2ccc(OS(C)(=O)=O)cc2)(c2ccc(F)c(Br)c2)N=C1N. The van der Waals surface area contributed by atoms with Crippen LogP contribution in [-0.4, -0.2) is 38.0 Å². The van der Waals surface area contributed by atoms with Crippen molar-refractivity contribution >= 4 is 37.9 Å². The zero-order chi connectivity index (χ0) is 20.7. The lowest BCUT2D eigenvalue weighted by Crippen LogP contribution is -2.43. The molecule has 1 unspecified atom stereocenters. The number of amides is 1. The molecule has 28 heavy (non-hydrogen) atoms. The average Bonchev–Trinajstić information content (AvgIpc) is 2.87. The minimum absolute atomic E-state index is 0.0457.